The van der Waals surface area contributed by atoms with Gasteiger partial charge in [0, 0.05) is 17.3 Å². The van der Waals surface area contributed by atoms with Crippen molar-refractivity contribution in [3.63, 3.8) is 0 Å². The Kier molecular flexibility index (Phi) is 7.45. The van der Waals surface area contributed by atoms with Crippen LogP contribution in [0.5, 0.6) is 5.75 Å². The van der Waals surface area contributed by atoms with E-state index in [0.717, 1.165) is 24.4 Å². The lowest BCUT2D eigenvalue weighted by Crippen LogP contribution is -2.23. The van der Waals surface area contributed by atoms with E-state index in [1.54, 1.807) is 12.2 Å². The summed E-state index contributed by atoms with van der Waals surface area (Å²) in [7, 11) is 0. The fourth-order valence-electron chi connectivity index (χ4n) is 4.20. The van der Waals surface area contributed by atoms with E-state index in [9.17, 15) is 0 Å². The molecule has 0 aromatic heterocycles. The molecule has 2 nitrogen and oxygen atoms in total. The Morgan fingerprint density at radius 2 is 1.19 bits per heavy atom. The summed E-state index contributed by atoms with van der Waals surface area (Å²) >= 11 is 0. The van der Waals surface area contributed by atoms with Gasteiger partial charge in [-0.2, -0.15) is 0 Å². The Hall–Kier alpha value is -3.00. The van der Waals surface area contributed by atoms with E-state index in [1.807, 2.05) is 12.1 Å². The van der Waals surface area contributed by atoms with Gasteiger partial charge in [0.1, 0.15) is 19.0 Å². The van der Waals surface area contributed by atoms with E-state index in [-0.39, 0.29) is 10.8 Å². The van der Waals surface area contributed by atoms with Crippen molar-refractivity contribution in [1.29, 1.82) is 0 Å². The standard InChI is InChI=1S/C30H36O2/c1-7-21-31-27-17-13-25(14-18-27)29(3,4)23-9-11-24(12-10-23)30(5,6)26-15-19-28(20-16-26)32-22-8-2/h7-15,17-19H,1-2,16,20-22H2,3-6H3. The molecule has 2 aromatic rings. The molecule has 1 aliphatic carbocycles. The number of hydrogen-bond acceptors (Lipinski definition) is 2. The minimum atomic E-state index is -0.0934. The fraction of sp³-hybridized carbons (Fsp3) is 0.333. The molecule has 0 saturated carbocycles. The first-order valence-corrected chi connectivity index (χ1v) is 11.4. The van der Waals surface area contributed by atoms with Gasteiger partial charge in [-0.05, 0) is 41.3 Å². The maximum Gasteiger partial charge on any atom is 0.119 e. The molecule has 168 valence electrons. The van der Waals surface area contributed by atoms with Gasteiger partial charge in [0.25, 0.3) is 0 Å². The van der Waals surface area contributed by atoms with Crippen LogP contribution in [0.25, 0.3) is 0 Å². The van der Waals surface area contributed by atoms with Crippen molar-refractivity contribution in [3.05, 3.63) is 114 Å². The summed E-state index contributed by atoms with van der Waals surface area (Å²) in [6, 6.07) is 17.5. The fourth-order valence-corrected chi connectivity index (χ4v) is 4.20. The molecule has 0 radical (unpaired) electrons. The monoisotopic (exact) mass is 428 g/mol. The second-order valence-corrected chi connectivity index (χ2v) is 9.38. The van der Waals surface area contributed by atoms with Crippen LogP contribution in [0, 0.1) is 0 Å². The molecule has 0 unspecified atom stereocenters. The molecule has 0 atom stereocenters. The molecule has 0 N–H and O–H groups in total. The van der Waals surface area contributed by atoms with E-state index in [1.165, 1.54) is 22.3 Å². The van der Waals surface area contributed by atoms with E-state index >= 15 is 0 Å². The largest absolute Gasteiger partial charge is 0.494 e. The summed E-state index contributed by atoms with van der Waals surface area (Å²) in [5.41, 5.74) is 5.22. The van der Waals surface area contributed by atoms with Crippen LogP contribution < -0.4 is 4.74 Å². The molecule has 32 heavy (non-hydrogen) atoms. The lowest BCUT2D eigenvalue weighted by atomic mass is 9.72. The SMILES string of the molecule is C=CCOC1=CC=C(C(C)(C)c2ccc(C(C)(C)c3ccc(OCC=C)cc3)cc2)CC1. The summed E-state index contributed by atoms with van der Waals surface area (Å²) in [6.07, 6.45) is 9.86. The molecule has 0 heterocycles. The van der Waals surface area contributed by atoms with Gasteiger partial charge in [-0.1, -0.05) is 101 Å². The quantitative estimate of drug-likeness (QED) is 0.362. The van der Waals surface area contributed by atoms with Crippen molar-refractivity contribution in [2.24, 2.45) is 0 Å². The third kappa shape index (κ3) is 5.24. The molecule has 1 aliphatic rings. The Balaban J connectivity index is 1.77. The van der Waals surface area contributed by atoms with Gasteiger partial charge in [-0.25, -0.2) is 0 Å². The predicted octanol–water partition coefficient (Wildman–Crippen LogP) is 7.66. The number of rotatable bonds is 10. The zero-order valence-corrected chi connectivity index (χ0v) is 20.0. The summed E-state index contributed by atoms with van der Waals surface area (Å²) < 4.78 is 11.3. The lowest BCUT2D eigenvalue weighted by molar-refractivity contribution is 0.233. The van der Waals surface area contributed by atoms with Gasteiger partial charge in [0.2, 0.25) is 0 Å². The molecule has 0 bridgehead atoms. The molecular weight excluding hydrogens is 392 g/mol. The Morgan fingerprint density at radius 3 is 1.69 bits per heavy atom. The van der Waals surface area contributed by atoms with Gasteiger partial charge >= 0.3 is 0 Å². The molecule has 0 fully saturated rings. The molecule has 3 rings (SSSR count). The van der Waals surface area contributed by atoms with E-state index in [0.29, 0.717) is 13.2 Å². The van der Waals surface area contributed by atoms with Crippen molar-refractivity contribution in [2.75, 3.05) is 13.2 Å². The topological polar surface area (TPSA) is 18.5 Å². The van der Waals surface area contributed by atoms with Gasteiger partial charge in [-0.15, -0.1) is 0 Å². The van der Waals surface area contributed by atoms with Crippen molar-refractivity contribution in [2.45, 2.75) is 51.4 Å². The van der Waals surface area contributed by atoms with Crippen LogP contribution in [-0.4, -0.2) is 13.2 Å². The average molecular weight is 429 g/mol. The minimum Gasteiger partial charge on any atom is -0.494 e. The third-order valence-corrected chi connectivity index (χ3v) is 6.57. The van der Waals surface area contributed by atoms with Crippen LogP contribution in [0.1, 0.15) is 57.2 Å². The average Bonchev–Trinajstić information content (AvgIpc) is 2.82. The summed E-state index contributed by atoms with van der Waals surface area (Å²) in [4.78, 5) is 0. The highest BCUT2D eigenvalue weighted by molar-refractivity contribution is 5.44. The highest BCUT2D eigenvalue weighted by atomic mass is 16.5. The lowest BCUT2D eigenvalue weighted by Gasteiger charge is -2.32. The van der Waals surface area contributed by atoms with Gasteiger partial charge in [-0.3, -0.25) is 0 Å². The van der Waals surface area contributed by atoms with Gasteiger partial charge < -0.3 is 9.47 Å². The van der Waals surface area contributed by atoms with Crippen molar-refractivity contribution < 1.29 is 9.47 Å². The first-order valence-electron chi connectivity index (χ1n) is 11.4. The first kappa shape index (κ1) is 23.7. The zero-order chi connectivity index (χ0) is 23.2. The summed E-state index contributed by atoms with van der Waals surface area (Å²) in [6.45, 7) is 17.7. The van der Waals surface area contributed by atoms with E-state index in [4.69, 9.17) is 9.47 Å². The van der Waals surface area contributed by atoms with E-state index in [2.05, 4.69) is 89.4 Å². The zero-order valence-electron chi connectivity index (χ0n) is 20.0. The van der Waals surface area contributed by atoms with Gasteiger partial charge in [0.15, 0.2) is 0 Å². The number of allylic oxidation sites excluding steroid dienone is 4. The second kappa shape index (κ2) is 10.1. The normalized spacial score (nSPS) is 14.2. The molecular formula is C30H36O2. The van der Waals surface area contributed by atoms with Crippen LogP contribution in [-0.2, 0) is 15.6 Å². The van der Waals surface area contributed by atoms with Crippen LogP contribution in [0.4, 0.5) is 0 Å². The third-order valence-electron chi connectivity index (χ3n) is 6.57. The van der Waals surface area contributed by atoms with Crippen molar-refractivity contribution in [1.82, 2.24) is 0 Å². The highest BCUT2D eigenvalue weighted by Gasteiger charge is 2.28. The molecule has 0 amide bonds. The molecule has 0 saturated heterocycles. The minimum absolute atomic E-state index is 0.0206. The van der Waals surface area contributed by atoms with Crippen molar-refractivity contribution >= 4 is 0 Å². The molecule has 2 heteroatoms. The second-order valence-electron chi connectivity index (χ2n) is 9.38. The van der Waals surface area contributed by atoms with Crippen LogP contribution in [0.3, 0.4) is 0 Å². The maximum absolute atomic E-state index is 5.71. The first-order chi connectivity index (χ1) is 15.3. The summed E-state index contributed by atoms with van der Waals surface area (Å²) in [5, 5.41) is 0. The Morgan fingerprint density at radius 1 is 0.688 bits per heavy atom. The van der Waals surface area contributed by atoms with Crippen LogP contribution in [0.2, 0.25) is 0 Å². The van der Waals surface area contributed by atoms with Gasteiger partial charge in [0.05, 0.1) is 5.76 Å². The molecule has 0 aliphatic heterocycles. The molecule has 0 spiro atoms. The van der Waals surface area contributed by atoms with Crippen LogP contribution >= 0.6 is 0 Å². The number of hydrogen-bond donors (Lipinski definition) is 0. The van der Waals surface area contributed by atoms with Crippen LogP contribution in [0.15, 0.2) is 97.3 Å². The smallest absolute Gasteiger partial charge is 0.119 e. The van der Waals surface area contributed by atoms with E-state index < -0.39 is 0 Å². The van der Waals surface area contributed by atoms with Crippen molar-refractivity contribution in [3.8, 4) is 5.75 Å². The Labute approximate surface area is 194 Å². The Bertz CT molecular complexity index is 986. The number of ether oxygens (including phenoxy) is 2. The maximum atomic E-state index is 5.71. The number of benzene rings is 2. The molecule has 2 aromatic carbocycles. The summed E-state index contributed by atoms with van der Waals surface area (Å²) in [5.74, 6) is 1.91. The highest BCUT2D eigenvalue weighted by Crippen LogP contribution is 2.39. The predicted molar refractivity (Wildman–Crippen MR) is 135 cm³/mol.